The first-order chi connectivity index (χ1) is 10.0. The zero-order chi connectivity index (χ0) is 15.4. The molecule has 0 aliphatic carbocycles. The van der Waals surface area contributed by atoms with E-state index in [0.29, 0.717) is 12.1 Å². The van der Waals surface area contributed by atoms with Crippen molar-refractivity contribution in [2.24, 2.45) is 7.05 Å². The summed E-state index contributed by atoms with van der Waals surface area (Å²) in [6.07, 6.45) is 2.43. The van der Waals surface area contributed by atoms with Gasteiger partial charge in [-0.25, -0.2) is 4.79 Å². The number of rotatable bonds is 5. The Morgan fingerprint density at radius 2 is 2.14 bits per heavy atom. The molecule has 21 heavy (non-hydrogen) atoms. The molecule has 1 aromatic carbocycles. The van der Waals surface area contributed by atoms with E-state index < -0.39 is 12.1 Å². The van der Waals surface area contributed by atoms with Crippen molar-refractivity contribution in [2.75, 3.05) is 6.54 Å². The second-order valence-electron chi connectivity index (χ2n) is 4.75. The van der Waals surface area contributed by atoms with Crippen LogP contribution >= 0.6 is 0 Å². The highest BCUT2D eigenvalue weighted by atomic mass is 16.5. The number of esters is 1. The number of nitrogens with one attached hydrogen (secondary N) is 1. The van der Waals surface area contributed by atoms with Gasteiger partial charge in [0.25, 0.3) is 5.91 Å². The molecule has 0 bridgehead atoms. The number of hydrogen-bond donors (Lipinski definition) is 1. The minimum Gasteiger partial charge on any atom is -0.449 e. The molecule has 1 aromatic heterocycles. The summed E-state index contributed by atoms with van der Waals surface area (Å²) in [4.78, 5) is 23.9. The van der Waals surface area contributed by atoms with Crippen LogP contribution in [0, 0.1) is 0 Å². The maximum absolute atomic E-state index is 12.2. The average Bonchev–Trinajstić information content (AvgIpc) is 2.82. The summed E-state index contributed by atoms with van der Waals surface area (Å²) >= 11 is 0. The second-order valence-corrected chi connectivity index (χ2v) is 4.75. The number of aromatic nitrogens is 1. The first kappa shape index (κ1) is 14.8. The predicted molar refractivity (Wildman–Crippen MR) is 81.0 cm³/mol. The first-order valence-electron chi connectivity index (χ1n) is 6.68. The maximum atomic E-state index is 12.2. The summed E-state index contributed by atoms with van der Waals surface area (Å²) in [6.45, 7) is 5.40. The molecular formula is C16H18N2O3. The first-order valence-corrected chi connectivity index (χ1v) is 6.68. The standard InChI is InChI=1S/C16H18N2O3/c1-4-9-17-15(19)11(2)21-16(20)13-10-18(3)14-8-6-5-7-12(13)14/h4-8,10-11H,1,9H2,2-3H3,(H,17,19). The molecule has 1 N–H and O–H groups in total. The minimum atomic E-state index is -0.851. The number of ether oxygens (including phenoxy) is 1. The van der Waals surface area contributed by atoms with Crippen LogP contribution in [0.4, 0.5) is 0 Å². The lowest BCUT2D eigenvalue weighted by molar-refractivity contribution is -0.128. The van der Waals surface area contributed by atoms with Crippen molar-refractivity contribution >= 4 is 22.8 Å². The van der Waals surface area contributed by atoms with E-state index >= 15 is 0 Å². The van der Waals surface area contributed by atoms with Gasteiger partial charge in [0.15, 0.2) is 6.10 Å². The Hall–Kier alpha value is -2.56. The van der Waals surface area contributed by atoms with Crippen LogP contribution < -0.4 is 5.32 Å². The van der Waals surface area contributed by atoms with E-state index in [2.05, 4.69) is 11.9 Å². The van der Waals surface area contributed by atoms with Gasteiger partial charge < -0.3 is 14.6 Å². The molecule has 0 fully saturated rings. The minimum absolute atomic E-state index is 0.342. The van der Waals surface area contributed by atoms with Gasteiger partial charge in [-0.2, -0.15) is 0 Å². The van der Waals surface area contributed by atoms with Crippen LogP contribution in [-0.2, 0) is 16.6 Å². The quantitative estimate of drug-likeness (QED) is 0.676. The van der Waals surface area contributed by atoms with E-state index in [4.69, 9.17) is 4.74 Å². The van der Waals surface area contributed by atoms with Crippen LogP contribution in [0.2, 0.25) is 0 Å². The molecular weight excluding hydrogens is 268 g/mol. The van der Waals surface area contributed by atoms with Crippen LogP contribution in [0.5, 0.6) is 0 Å². The normalized spacial score (nSPS) is 11.9. The molecule has 0 aliphatic rings. The van der Waals surface area contributed by atoms with E-state index in [9.17, 15) is 9.59 Å². The summed E-state index contributed by atoms with van der Waals surface area (Å²) in [5.41, 5.74) is 1.39. The van der Waals surface area contributed by atoms with Gasteiger partial charge in [-0.3, -0.25) is 4.79 Å². The number of hydrogen-bond acceptors (Lipinski definition) is 3. The van der Waals surface area contributed by atoms with Gasteiger partial charge in [0.2, 0.25) is 0 Å². The smallest absolute Gasteiger partial charge is 0.341 e. The summed E-state index contributed by atoms with van der Waals surface area (Å²) in [6, 6.07) is 7.54. The van der Waals surface area contributed by atoms with E-state index in [1.165, 1.54) is 0 Å². The van der Waals surface area contributed by atoms with Crippen molar-refractivity contribution < 1.29 is 14.3 Å². The van der Waals surface area contributed by atoms with Crippen molar-refractivity contribution in [2.45, 2.75) is 13.0 Å². The highest BCUT2D eigenvalue weighted by molar-refractivity contribution is 6.05. The van der Waals surface area contributed by atoms with E-state index in [1.54, 1.807) is 19.2 Å². The number of aryl methyl sites for hydroxylation is 1. The molecule has 5 heteroatoms. The van der Waals surface area contributed by atoms with Gasteiger partial charge >= 0.3 is 5.97 Å². The predicted octanol–water partition coefficient (Wildman–Crippen LogP) is 2.03. The topological polar surface area (TPSA) is 60.3 Å². The average molecular weight is 286 g/mol. The van der Waals surface area contributed by atoms with Crippen molar-refractivity contribution in [1.82, 2.24) is 9.88 Å². The summed E-state index contributed by atoms with van der Waals surface area (Å²) < 4.78 is 7.07. The molecule has 1 unspecified atom stereocenters. The number of benzene rings is 1. The second kappa shape index (κ2) is 6.26. The number of carbonyl (C=O) groups is 2. The van der Waals surface area contributed by atoms with Crippen molar-refractivity contribution in [3.05, 3.63) is 48.7 Å². The maximum Gasteiger partial charge on any atom is 0.341 e. The van der Waals surface area contributed by atoms with Gasteiger partial charge in [-0.05, 0) is 13.0 Å². The number of nitrogens with zero attached hydrogens (tertiary/aromatic N) is 1. The third kappa shape index (κ3) is 3.13. The van der Waals surface area contributed by atoms with E-state index in [0.717, 1.165) is 10.9 Å². The summed E-state index contributed by atoms with van der Waals surface area (Å²) in [7, 11) is 1.86. The number of fused-ring (bicyclic) bond motifs is 1. The van der Waals surface area contributed by atoms with Gasteiger partial charge in [-0.1, -0.05) is 24.3 Å². The molecule has 0 saturated heterocycles. The summed E-state index contributed by atoms with van der Waals surface area (Å²) in [5, 5.41) is 3.40. The van der Waals surface area contributed by atoms with Crippen molar-refractivity contribution in [3.8, 4) is 0 Å². The molecule has 0 radical (unpaired) electrons. The molecule has 110 valence electrons. The van der Waals surface area contributed by atoms with Crippen LogP contribution in [0.25, 0.3) is 10.9 Å². The van der Waals surface area contributed by atoms with Crippen LogP contribution in [0.3, 0.4) is 0 Å². The fourth-order valence-electron chi connectivity index (χ4n) is 2.10. The van der Waals surface area contributed by atoms with Crippen LogP contribution in [0.1, 0.15) is 17.3 Å². The van der Waals surface area contributed by atoms with Gasteiger partial charge in [0.05, 0.1) is 5.56 Å². The van der Waals surface area contributed by atoms with Crippen LogP contribution in [0.15, 0.2) is 43.1 Å². The largest absolute Gasteiger partial charge is 0.449 e. The Morgan fingerprint density at radius 3 is 2.86 bits per heavy atom. The molecule has 1 heterocycles. The fourth-order valence-corrected chi connectivity index (χ4v) is 2.10. The van der Waals surface area contributed by atoms with Gasteiger partial charge in [-0.15, -0.1) is 6.58 Å². The number of carbonyl (C=O) groups excluding carboxylic acids is 2. The van der Waals surface area contributed by atoms with Crippen molar-refractivity contribution in [3.63, 3.8) is 0 Å². The summed E-state index contributed by atoms with van der Waals surface area (Å²) in [5.74, 6) is -0.850. The third-order valence-electron chi connectivity index (χ3n) is 3.19. The fraction of sp³-hybridized carbons (Fsp3) is 0.250. The molecule has 0 aliphatic heterocycles. The lowest BCUT2D eigenvalue weighted by Crippen LogP contribution is -2.35. The van der Waals surface area contributed by atoms with E-state index in [1.807, 2.05) is 35.9 Å². The molecule has 1 amide bonds. The Kier molecular flexibility index (Phi) is 4.42. The Balaban J connectivity index is 2.16. The van der Waals surface area contributed by atoms with Crippen LogP contribution in [-0.4, -0.2) is 29.1 Å². The zero-order valence-corrected chi connectivity index (χ0v) is 12.1. The molecule has 2 rings (SSSR count). The Morgan fingerprint density at radius 1 is 1.43 bits per heavy atom. The Bertz CT molecular complexity index is 688. The molecule has 1 atom stereocenters. The van der Waals surface area contributed by atoms with Gasteiger partial charge in [0, 0.05) is 30.7 Å². The highest BCUT2D eigenvalue weighted by Gasteiger charge is 2.21. The molecule has 2 aromatic rings. The number of para-hydroxylation sites is 1. The molecule has 0 saturated carbocycles. The highest BCUT2D eigenvalue weighted by Crippen LogP contribution is 2.21. The molecule has 5 nitrogen and oxygen atoms in total. The van der Waals surface area contributed by atoms with E-state index in [-0.39, 0.29) is 5.91 Å². The van der Waals surface area contributed by atoms with Gasteiger partial charge in [0.1, 0.15) is 0 Å². The lowest BCUT2D eigenvalue weighted by Gasteiger charge is -2.12. The van der Waals surface area contributed by atoms with Crippen molar-refractivity contribution in [1.29, 1.82) is 0 Å². The lowest BCUT2D eigenvalue weighted by atomic mass is 10.2. The SMILES string of the molecule is C=CCNC(=O)C(C)OC(=O)c1cn(C)c2ccccc12. The zero-order valence-electron chi connectivity index (χ0n) is 12.1. The third-order valence-corrected chi connectivity index (χ3v) is 3.19. The molecule has 0 spiro atoms. The monoisotopic (exact) mass is 286 g/mol. The Labute approximate surface area is 123 Å². The number of amides is 1.